The van der Waals surface area contributed by atoms with Crippen LogP contribution in [-0.4, -0.2) is 14.2 Å². The van der Waals surface area contributed by atoms with Gasteiger partial charge in [-0.15, -0.1) is 0 Å². The van der Waals surface area contributed by atoms with E-state index in [9.17, 15) is 4.39 Å². The van der Waals surface area contributed by atoms with Gasteiger partial charge in [0, 0.05) is 12.1 Å². The SMILES string of the molecule is CNCc1c(OC)ccc(Cl)c1F. The number of methoxy groups -OCH3 is 1. The molecule has 13 heavy (non-hydrogen) atoms. The molecule has 72 valence electrons. The molecule has 1 aromatic carbocycles. The Bertz CT molecular complexity index is 304. The van der Waals surface area contributed by atoms with E-state index in [1.807, 2.05) is 0 Å². The zero-order valence-electron chi connectivity index (χ0n) is 7.53. The molecule has 0 radical (unpaired) electrons. The highest BCUT2D eigenvalue weighted by molar-refractivity contribution is 6.30. The Morgan fingerprint density at radius 1 is 1.54 bits per heavy atom. The van der Waals surface area contributed by atoms with E-state index in [4.69, 9.17) is 16.3 Å². The molecule has 0 aliphatic carbocycles. The second-order valence-electron chi connectivity index (χ2n) is 2.57. The fraction of sp³-hybridized carbons (Fsp3) is 0.333. The fourth-order valence-corrected chi connectivity index (χ4v) is 1.28. The highest BCUT2D eigenvalue weighted by Gasteiger charge is 2.11. The van der Waals surface area contributed by atoms with Crippen LogP contribution in [0.3, 0.4) is 0 Å². The molecule has 0 aromatic heterocycles. The van der Waals surface area contributed by atoms with Crippen molar-refractivity contribution in [2.75, 3.05) is 14.2 Å². The minimum absolute atomic E-state index is 0.117. The zero-order valence-corrected chi connectivity index (χ0v) is 8.28. The molecule has 4 heteroatoms. The first-order valence-corrected chi connectivity index (χ1v) is 4.24. The van der Waals surface area contributed by atoms with Crippen LogP contribution >= 0.6 is 11.6 Å². The standard InChI is InChI=1S/C9H11ClFNO/c1-12-5-6-8(13-2)4-3-7(10)9(6)11/h3-4,12H,5H2,1-2H3. The van der Waals surface area contributed by atoms with Crippen LogP contribution in [0, 0.1) is 5.82 Å². The van der Waals surface area contributed by atoms with Gasteiger partial charge in [-0.05, 0) is 19.2 Å². The molecular formula is C9H11ClFNO. The molecule has 0 fully saturated rings. The summed E-state index contributed by atoms with van der Waals surface area (Å²) in [5, 5.41) is 2.96. The summed E-state index contributed by atoms with van der Waals surface area (Å²) < 4.78 is 18.4. The van der Waals surface area contributed by atoms with Gasteiger partial charge in [0.2, 0.25) is 0 Å². The van der Waals surface area contributed by atoms with Crippen LogP contribution in [-0.2, 0) is 6.54 Å². The quantitative estimate of drug-likeness (QED) is 0.814. The molecular weight excluding hydrogens is 193 g/mol. The molecule has 0 bridgehead atoms. The lowest BCUT2D eigenvalue weighted by Crippen LogP contribution is -2.09. The maximum atomic E-state index is 13.4. The highest BCUT2D eigenvalue weighted by atomic mass is 35.5. The van der Waals surface area contributed by atoms with Crippen molar-refractivity contribution < 1.29 is 9.13 Å². The van der Waals surface area contributed by atoms with Crippen LogP contribution < -0.4 is 10.1 Å². The van der Waals surface area contributed by atoms with Crippen LogP contribution in [0.5, 0.6) is 5.75 Å². The normalized spacial score (nSPS) is 10.2. The fourth-order valence-electron chi connectivity index (χ4n) is 1.11. The summed E-state index contributed by atoms with van der Waals surface area (Å²) in [7, 11) is 3.24. The molecule has 2 nitrogen and oxygen atoms in total. The van der Waals surface area contributed by atoms with E-state index in [-0.39, 0.29) is 5.02 Å². The summed E-state index contributed by atoms with van der Waals surface area (Å²) in [5.41, 5.74) is 0.456. The number of ether oxygens (including phenoxy) is 1. The van der Waals surface area contributed by atoms with Gasteiger partial charge in [0.25, 0.3) is 0 Å². The van der Waals surface area contributed by atoms with Crippen molar-refractivity contribution in [3.63, 3.8) is 0 Å². The summed E-state index contributed by atoms with van der Waals surface area (Å²) in [6.45, 7) is 0.398. The zero-order chi connectivity index (χ0) is 9.84. The Hall–Kier alpha value is -0.800. The third kappa shape index (κ3) is 2.11. The minimum Gasteiger partial charge on any atom is -0.496 e. The van der Waals surface area contributed by atoms with E-state index in [1.165, 1.54) is 13.2 Å². The monoisotopic (exact) mass is 203 g/mol. The van der Waals surface area contributed by atoms with Crippen molar-refractivity contribution in [2.45, 2.75) is 6.54 Å². The second-order valence-corrected chi connectivity index (χ2v) is 2.98. The van der Waals surface area contributed by atoms with E-state index >= 15 is 0 Å². The number of nitrogens with one attached hydrogen (secondary N) is 1. The third-order valence-electron chi connectivity index (χ3n) is 1.73. The summed E-state index contributed by atoms with van der Waals surface area (Å²) in [6.07, 6.45) is 0. The first kappa shape index (κ1) is 10.3. The Kier molecular flexibility index (Phi) is 3.51. The maximum Gasteiger partial charge on any atom is 0.149 e. The lowest BCUT2D eigenvalue weighted by atomic mass is 10.2. The molecule has 0 aliphatic rings. The van der Waals surface area contributed by atoms with Crippen molar-refractivity contribution in [3.8, 4) is 5.75 Å². The molecule has 1 aromatic rings. The van der Waals surface area contributed by atoms with Crippen molar-refractivity contribution in [1.29, 1.82) is 0 Å². The largest absolute Gasteiger partial charge is 0.496 e. The third-order valence-corrected chi connectivity index (χ3v) is 2.02. The van der Waals surface area contributed by atoms with Gasteiger partial charge in [-0.2, -0.15) is 0 Å². The average Bonchev–Trinajstić information content (AvgIpc) is 2.14. The lowest BCUT2D eigenvalue weighted by molar-refractivity contribution is 0.403. The van der Waals surface area contributed by atoms with Crippen molar-refractivity contribution in [1.82, 2.24) is 5.32 Å². The Morgan fingerprint density at radius 3 is 2.77 bits per heavy atom. The molecule has 0 amide bonds. The summed E-state index contributed by atoms with van der Waals surface area (Å²) >= 11 is 5.62. The number of halogens is 2. The van der Waals surface area contributed by atoms with Gasteiger partial charge < -0.3 is 10.1 Å². The topological polar surface area (TPSA) is 21.3 Å². The number of benzene rings is 1. The van der Waals surface area contributed by atoms with Crippen LogP contribution in [0.4, 0.5) is 4.39 Å². The Labute approximate surface area is 81.7 Å². The molecule has 1 N–H and O–H groups in total. The first-order valence-electron chi connectivity index (χ1n) is 3.86. The van der Waals surface area contributed by atoms with E-state index in [1.54, 1.807) is 13.1 Å². The van der Waals surface area contributed by atoms with Crippen molar-refractivity contribution >= 4 is 11.6 Å². The minimum atomic E-state index is -0.421. The van der Waals surface area contributed by atoms with Gasteiger partial charge in [-0.25, -0.2) is 4.39 Å². The Morgan fingerprint density at radius 2 is 2.23 bits per heavy atom. The summed E-state index contributed by atoms with van der Waals surface area (Å²) in [6, 6.07) is 3.13. The predicted molar refractivity (Wildman–Crippen MR) is 50.7 cm³/mol. The predicted octanol–water partition coefficient (Wildman–Crippen LogP) is 2.21. The molecule has 0 saturated heterocycles. The van der Waals surface area contributed by atoms with E-state index in [2.05, 4.69) is 5.32 Å². The smallest absolute Gasteiger partial charge is 0.149 e. The lowest BCUT2D eigenvalue weighted by Gasteiger charge is -2.09. The van der Waals surface area contributed by atoms with Gasteiger partial charge in [0.05, 0.1) is 12.1 Å². The van der Waals surface area contributed by atoms with Gasteiger partial charge in [0.1, 0.15) is 11.6 Å². The van der Waals surface area contributed by atoms with Crippen molar-refractivity contribution in [2.24, 2.45) is 0 Å². The van der Waals surface area contributed by atoms with E-state index < -0.39 is 5.82 Å². The average molecular weight is 204 g/mol. The first-order chi connectivity index (χ1) is 6.20. The number of rotatable bonds is 3. The van der Waals surface area contributed by atoms with Gasteiger partial charge >= 0.3 is 0 Å². The second kappa shape index (κ2) is 4.44. The van der Waals surface area contributed by atoms with Gasteiger partial charge in [-0.1, -0.05) is 11.6 Å². The Balaban J connectivity index is 3.15. The number of hydrogen-bond donors (Lipinski definition) is 1. The number of hydrogen-bond acceptors (Lipinski definition) is 2. The molecule has 0 spiro atoms. The van der Waals surface area contributed by atoms with Gasteiger partial charge in [-0.3, -0.25) is 0 Å². The molecule has 0 unspecified atom stereocenters. The van der Waals surface area contributed by atoms with Crippen LogP contribution in [0.15, 0.2) is 12.1 Å². The molecule has 0 saturated carbocycles. The van der Waals surface area contributed by atoms with Crippen LogP contribution in [0.2, 0.25) is 5.02 Å². The molecule has 1 rings (SSSR count). The van der Waals surface area contributed by atoms with E-state index in [0.29, 0.717) is 17.9 Å². The van der Waals surface area contributed by atoms with Crippen molar-refractivity contribution in [3.05, 3.63) is 28.5 Å². The van der Waals surface area contributed by atoms with Crippen LogP contribution in [0.25, 0.3) is 0 Å². The highest BCUT2D eigenvalue weighted by Crippen LogP contribution is 2.26. The molecule has 0 heterocycles. The van der Waals surface area contributed by atoms with Crippen LogP contribution in [0.1, 0.15) is 5.56 Å². The summed E-state index contributed by atoms with van der Waals surface area (Å²) in [5.74, 6) is 0.0895. The molecule has 0 aliphatic heterocycles. The van der Waals surface area contributed by atoms with Gasteiger partial charge in [0.15, 0.2) is 0 Å². The maximum absolute atomic E-state index is 13.4. The molecule has 0 atom stereocenters. The summed E-state index contributed by atoms with van der Waals surface area (Å²) in [4.78, 5) is 0. The van der Waals surface area contributed by atoms with E-state index in [0.717, 1.165) is 0 Å².